The van der Waals surface area contributed by atoms with Gasteiger partial charge in [-0.1, -0.05) is 104 Å². The van der Waals surface area contributed by atoms with Crippen LogP contribution in [0.2, 0.25) is 0 Å². The quantitative estimate of drug-likeness (QED) is 0.323. The summed E-state index contributed by atoms with van der Waals surface area (Å²) < 4.78 is 0. The van der Waals surface area contributed by atoms with Crippen molar-refractivity contribution in [2.75, 3.05) is 6.54 Å². The Morgan fingerprint density at radius 2 is 0.800 bits per heavy atom. The molecule has 0 rings (SSSR count). The highest BCUT2D eigenvalue weighted by Crippen LogP contribution is 2.14. The molecule has 1 nitrogen and oxygen atoms in total. The van der Waals surface area contributed by atoms with E-state index in [4.69, 9.17) is 5.73 Å². The standard InChI is InChI=1S/C19H41N/c1-19(2)17-15-13-11-9-7-5-3-4-6-8-10-12-14-16-18-20/h19H,3-18,20H2,1-2H3. The van der Waals surface area contributed by atoms with E-state index in [1.54, 1.807) is 0 Å². The molecule has 0 aliphatic carbocycles. The Hall–Kier alpha value is -0.0400. The topological polar surface area (TPSA) is 26.0 Å². The first kappa shape index (κ1) is 20.0. The molecule has 0 unspecified atom stereocenters. The van der Waals surface area contributed by atoms with E-state index >= 15 is 0 Å². The lowest BCUT2D eigenvalue weighted by molar-refractivity contribution is 0.502. The van der Waals surface area contributed by atoms with Crippen LogP contribution in [-0.4, -0.2) is 6.54 Å². The van der Waals surface area contributed by atoms with Crippen molar-refractivity contribution in [2.45, 2.75) is 110 Å². The zero-order chi connectivity index (χ0) is 14.9. The third kappa shape index (κ3) is 18.0. The summed E-state index contributed by atoms with van der Waals surface area (Å²) >= 11 is 0. The van der Waals surface area contributed by atoms with Crippen molar-refractivity contribution < 1.29 is 0 Å². The van der Waals surface area contributed by atoms with Crippen LogP contribution in [-0.2, 0) is 0 Å². The van der Waals surface area contributed by atoms with Crippen LogP contribution < -0.4 is 5.73 Å². The Balaban J connectivity index is 2.92. The van der Waals surface area contributed by atoms with E-state index in [1.165, 1.54) is 96.3 Å². The van der Waals surface area contributed by atoms with Crippen LogP contribution in [0, 0.1) is 5.92 Å². The van der Waals surface area contributed by atoms with E-state index in [9.17, 15) is 0 Å². The minimum Gasteiger partial charge on any atom is -0.330 e. The first-order valence-electron chi connectivity index (χ1n) is 9.47. The van der Waals surface area contributed by atoms with Gasteiger partial charge in [-0.3, -0.25) is 0 Å². The van der Waals surface area contributed by atoms with E-state index in [-0.39, 0.29) is 0 Å². The van der Waals surface area contributed by atoms with Crippen molar-refractivity contribution in [1.29, 1.82) is 0 Å². The molecule has 0 bridgehead atoms. The fourth-order valence-electron chi connectivity index (χ4n) is 2.82. The average molecular weight is 284 g/mol. The molecule has 0 saturated carbocycles. The first-order chi connectivity index (χ1) is 9.77. The SMILES string of the molecule is CC(C)CCCCCCCCCCCCCCCCN. The highest BCUT2D eigenvalue weighted by molar-refractivity contribution is 4.51. The normalized spacial score (nSPS) is 11.4. The molecule has 0 saturated heterocycles. The Morgan fingerprint density at radius 3 is 1.10 bits per heavy atom. The lowest BCUT2D eigenvalue weighted by atomic mass is 10.0. The number of hydrogen-bond acceptors (Lipinski definition) is 1. The predicted octanol–water partition coefficient (Wildman–Crippen LogP) is 6.45. The maximum atomic E-state index is 5.49. The number of rotatable bonds is 16. The van der Waals surface area contributed by atoms with Gasteiger partial charge in [0.2, 0.25) is 0 Å². The summed E-state index contributed by atoms with van der Waals surface area (Å²) in [6.45, 7) is 5.54. The first-order valence-corrected chi connectivity index (χ1v) is 9.47. The molecule has 20 heavy (non-hydrogen) atoms. The fourth-order valence-corrected chi connectivity index (χ4v) is 2.82. The van der Waals surface area contributed by atoms with Crippen LogP contribution in [0.15, 0.2) is 0 Å². The molecule has 0 aliphatic heterocycles. The molecule has 0 spiro atoms. The van der Waals surface area contributed by atoms with Gasteiger partial charge in [0, 0.05) is 0 Å². The van der Waals surface area contributed by atoms with Gasteiger partial charge in [-0.05, 0) is 18.9 Å². The summed E-state index contributed by atoms with van der Waals surface area (Å²) in [6, 6.07) is 0. The highest BCUT2D eigenvalue weighted by atomic mass is 14.5. The van der Waals surface area contributed by atoms with E-state index in [0.717, 1.165) is 12.5 Å². The summed E-state index contributed by atoms with van der Waals surface area (Å²) in [6.07, 6.45) is 21.4. The lowest BCUT2D eigenvalue weighted by Gasteiger charge is -2.05. The van der Waals surface area contributed by atoms with Crippen LogP contribution >= 0.6 is 0 Å². The maximum absolute atomic E-state index is 5.49. The van der Waals surface area contributed by atoms with Crippen molar-refractivity contribution in [3.8, 4) is 0 Å². The zero-order valence-electron chi connectivity index (χ0n) is 14.5. The molecule has 0 radical (unpaired) electrons. The van der Waals surface area contributed by atoms with Gasteiger partial charge in [-0.2, -0.15) is 0 Å². The highest BCUT2D eigenvalue weighted by Gasteiger charge is 1.95. The third-order valence-electron chi connectivity index (χ3n) is 4.24. The molecule has 2 N–H and O–H groups in total. The van der Waals surface area contributed by atoms with Gasteiger partial charge in [-0.25, -0.2) is 0 Å². The van der Waals surface area contributed by atoms with Gasteiger partial charge in [0.15, 0.2) is 0 Å². The molecule has 0 amide bonds. The summed E-state index contributed by atoms with van der Waals surface area (Å²) in [4.78, 5) is 0. The summed E-state index contributed by atoms with van der Waals surface area (Å²) in [5.41, 5.74) is 5.49. The van der Waals surface area contributed by atoms with Crippen molar-refractivity contribution >= 4 is 0 Å². The minimum atomic E-state index is 0.872. The molecular weight excluding hydrogens is 242 g/mol. The van der Waals surface area contributed by atoms with E-state index in [0.29, 0.717) is 0 Å². The van der Waals surface area contributed by atoms with Crippen LogP contribution in [0.3, 0.4) is 0 Å². The van der Waals surface area contributed by atoms with E-state index < -0.39 is 0 Å². The Kier molecular flexibility index (Phi) is 17.0. The van der Waals surface area contributed by atoms with Crippen LogP contribution in [0.4, 0.5) is 0 Å². The largest absolute Gasteiger partial charge is 0.330 e. The molecular formula is C19H41N. The molecule has 0 fully saturated rings. The van der Waals surface area contributed by atoms with Gasteiger partial charge in [-0.15, -0.1) is 0 Å². The van der Waals surface area contributed by atoms with Crippen molar-refractivity contribution in [1.82, 2.24) is 0 Å². The maximum Gasteiger partial charge on any atom is -0.00773 e. The molecule has 0 atom stereocenters. The van der Waals surface area contributed by atoms with Crippen LogP contribution in [0.25, 0.3) is 0 Å². The molecule has 0 aliphatic rings. The third-order valence-corrected chi connectivity index (χ3v) is 4.24. The smallest absolute Gasteiger partial charge is 0.00773 e. The van der Waals surface area contributed by atoms with Gasteiger partial charge in [0.1, 0.15) is 0 Å². The second-order valence-electron chi connectivity index (χ2n) is 6.92. The molecule has 1 heteroatoms. The monoisotopic (exact) mass is 283 g/mol. The molecule has 0 aromatic carbocycles. The lowest BCUT2D eigenvalue weighted by Crippen LogP contribution is -1.97. The Bertz CT molecular complexity index is 165. The average Bonchev–Trinajstić information content (AvgIpc) is 2.43. The summed E-state index contributed by atoms with van der Waals surface area (Å²) in [5.74, 6) is 0.894. The minimum absolute atomic E-state index is 0.872. The predicted molar refractivity (Wildman–Crippen MR) is 93.1 cm³/mol. The molecule has 0 aromatic rings. The van der Waals surface area contributed by atoms with Gasteiger partial charge < -0.3 is 5.73 Å². The molecule has 0 aromatic heterocycles. The summed E-state index contributed by atoms with van der Waals surface area (Å²) in [7, 11) is 0. The number of hydrogen-bond donors (Lipinski definition) is 1. The van der Waals surface area contributed by atoms with Crippen molar-refractivity contribution in [3.05, 3.63) is 0 Å². The van der Waals surface area contributed by atoms with Crippen LogP contribution in [0.5, 0.6) is 0 Å². The summed E-state index contributed by atoms with van der Waals surface area (Å²) in [5, 5.41) is 0. The second kappa shape index (κ2) is 17.0. The molecule has 0 heterocycles. The van der Waals surface area contributed by atoms with Crippen LogP contribution in [0.1, 0.15) is 110 Å². The zero-order valence-corrected chi connectivity index (χ0v) is 14.5. The van der Waals surface area contributed by atoms with E-state index in [2.05, 4.69) is 13.8 Å². The Labute approximate surface area is 129 Å². The Morgan fingerprint density at radius 1 is 0.500 bits per heavy atom. The van der Waals surface area contributed by atoms with E-state index in [1.807, 2.05) is 0 Å². The fraction of sp³-hybridized carbons (Fsp3) is 1.00. The van der Waals surface area contributed by atoms with Gasteiger partial charge in [0.05, 0.1) is 0 Å². The van der Waals surface area contributed by atoms with Crippen molar-refractivity contribution in [2.24, 2.45) is 11.7 Å². The number of unbranched alkanes of at least 4 members (excludes halogenated alkanes) is 13. The van der Waals surface area contributed by atoms with Gasteiger partial charge in [0.25, 0.3) is 0 Å². The second-order valence-corrected chi connectivity index (χ2v) is 6.92. The van der Waals surface area contributed by atoms with Gasteiger partial charge >= 0.3 is 0 Å². The number of nitrogens with two attached hydrogens (primary N) is 1. The molecule has 122 valence electrons. The van der Waals surface area contributed by atoms with Crippen molar-refractivity contribution in [3.63, 3.8) is 0 Å².